The quantitative estimate of drug-likeness (QED) is 0.839. The Labute approximate surface area is 127 Å². The first kappa shape index (κ1) is 15.1. The van der Waals surface area contributed by atoms with Crippen LogP contribution in [0.4, 0.5) is 0 Å². The molecule has 0 aliphatic heterocycles. The molecule has 106 valence electrons. The van der Waals surface area contributed by atoms with Crippen LogP contribution in [0.3, 0.4) is 0 Å². The van der Waals surface area contributed by atoms with Crippen molar-refractivity contribution in [3.05, 3.63) is 69.7 Å². The van der Waals surface area contributed by atoms with Gasteiger partial charge in [0.15, 0.2) is 0 Å². The third-order valence-electron chi connectivity index (χ3n) is 3.75. The fraction of sp³-hybridized carbons (Fsp3) is 0.333. The molecule has 0 aliphatic rings. The second-order valence-electron chi connectivity index (χ2n) is 5.24. The van der Waals surface area contributed by atoms with E-state index >= 15 is 0 Å². The molecule has 2 heteroatoms. The molecule has 20 heavy (non-hydrogen) atoms. The van der Waals surface area contributed by atoms with Gasteiger partial charge in [-0.05, 0) is 55.1 Å². The summed E-state index contributed by atoms with van der Waals surface area (Å²) in [4.78, 5) is 0. The van der Waals surface area contributed by atoms with Crippen molar-refractivity contribution in [1.82, 2.24) is 5.32 Å². The van der Waals surface area contributed by atoms with Gasteiger partial charge >= 0.3 is 0 Å². The molecule has 0 aliphatic carbocycles. The number of rotatable bonds is 5. The maximum Gasteiger partial charge on any atom is 0.0456 e. The molecule has 0 amide bonds. The molecule has 2 rings (SSSR count). The predicted octanol–water partition coefficient (Wildman–Crippen LogP) is 4.71. The summed E-state index contributed by atoms with van der Waals surface area (Å²) < 4.78 is 0. The molecule has 0 bridgehead atoms. The topological polar surface area (TPSA) is 12.0 Å². The van der Waals surface area contributed by atoms with E-state index in [2.05, 4.69) is 55.6 Å². The molecule has 1 unspecified atom stereocenters. The highest BCUT2D eigenvalue weighted by Gasteiger charge is 2.13. The number of nitrogens with one attached hydrogen (secondary N) is 1. The number of hydrogen-bond acceptors (Lipinski definition) is 1. The van der Waals surface area contributed by atoms with E-state index < -0.39 is 0 Å². The average molecular weight is 288 g/mol. The van der Waals surface area contributed by atoms with Crippen molar-refractivity contribution in [3.8, 4) is 0 Å². The Bertz CT molecular complexity index is 560. The van der Waals surface area contributed by atoms with E-state index in [1.807, 2.05) is 13.1 Å². The van der Waals surface area contributed by atoms with Crippen molar-refractivity contribution >= 4 is 11.6 Å². The summed E-state index contributed by atoms with van der Waals surface area (Å²) in [7, 11) is 1.99. The van der Waals surface area contributed by atoms with Crippen LogP contribution in [0.5, 0.6) is 0 Å². The van der Waals surface area contributed by atoms with E-state index in [1.54, 1.807) is 0 Å². The SMILES string of the molecule is CCc1ccc(CC(NC)c2ccc(C)cc2Cl)cc1. The van der Waals surface area contributed by atoms with E-state index in [0.29, 0.717) is 0 Å². The Morgan fingerprint density at radius 1 is 1.05 bits per heavy atom. The molecule has 0 radical (unpaired) electrons. The second-order valence-corrected chi connectivity index (χ2v) is 5.65. The maximum atomic E-state index is 6.38. The highest BCUT2D eigenvalue weighted by atomic mass is 35.5. The molecular weight excluding hydrogens is 266 g/mol. The third-order valence-corrected chi connectivity index (χ3v) is 4.08. The zero-order valence-corrected chi connectivity index (χ0v) is 13.2. The van der Waals surface area contributed by atoms with Crippen LogP contribution >= 0.6 is 11.6 Å². The van der Waals surface area contributed by atoms with Gasteiger partial charge in [0.25, 0.3) is 0 Å². The Hall–Kier alpha value is -1.31. The molecule has 2 aromatic carbocycles. The minimum absolute atomic E-state index is 0.246. The number of likely N-dealkylation sites (N-methyl/N-ethyl adjacent to an activating group) is 1. The fourth-order valence-corrected chi connectivity index (χ4v) is 2.80. The van der Waals surface area contributed by atoms with Gasteiger partial charge in [0.2, 0.25) is 0 Å². The van der Waals surface area contributed by atoms with Gasteiger partial charge in [0.05, 0.1) is 0 Å². The molecule has 1 nitrogen and oxygen atoms in total. The summed E-state index contributed by atoms with van der Waals surface area (Å²) in [6, 6.07) is 15.4. The van der Waals surface area contributed by atoms with Crippen molar-refractivity contribution in [1.29, 1.82) is 0 Å². The van der Waals surface area contributed by atoms with E-state index in [1.165, 1.54) is 22.3 Å². The van der Waals surface area contributed by atoms with Crippen LogP contribution < -0.4 is 5.32 Å². The second kappa shape index (κ2) is 6.92. The van der Waals surface area contributed by atoms with E-state index in [0.717, 1.165) is 17.9 Å². The molecule has 0 aromatic heterocycles. The van der Waals surface area contributed by atoms with Gasteiger partial charge in [-0.1, -0.05) is 54.9 Å². The number of benzene rings is 2. The fourth-order valence-electron chi connectivity index (χ4n) is 2.43. The van der Waals surface area contributed by atoms with Crippen molar-refractivity contribution in [2.45, 2.75) is 32.7 Å². The lowest BCUT2D eigenvalue weighted by atomic mass is 9.97. The van der Waals surface area contributed by atoms with Gasteiger partial charge < -0.3 is 5.32 Å². The molecule has 0 fully saturated rings. The lowest BCUT2D eigenvalue weighted by molar-refractivity contribution is 0.592. The van der Waals surface area contributed by atoms with Crippen LogP contribution in [0.15, 0.2) is 42.5 Å². The molecule has 0 saturated carbocycles. The lowest BCUT2D eigenvalue weighted by Gasteiger charge is -2.18. The van der Waals surface area contributed by atoms with Gasteiger partial charge in [-0.3, -0.25) is 0 Å². The molecule has 0 saturated heterocycles. The van der Waals surface area contributed by atoms with E-state index in [4.69, 9.17) is 11.6 Å². The van der Waals surface area contributed by atoms with Crippen LogP contribution in [0, 0.1) is 6.92 Å². The number of hydrogen-bond donors (Lipinski definition) is 1. The largest absolute Gasteiger partial charge is 0.313 e. The minimum Gasteiger partial charge on any atom is -0.313 e. The molecule has 1 atom stereocenters. The zero-order chi connectivity index (χ0) is 14.5. The van der Waals surface area contributed by atoms with Crippen LogP contribution in [0.2, 0.25) is 5.02 Å². The first-order valence-electron chi connectivity index (χ1n) is 7.15. The van der Waals surface area contributed by atoms with Gasteiger partial charge in [-0.15, -0.1) is 0 Å². The summed E-state index contributed by atoms with van der Waals surface area (Å²) in [6.45, 7) is 4.24. The highest BCUT2D eigenvalue weighted by molar-refractivity contribution is 6.31. The summed E-state index contributed by atoms with van der Waals surface area (Å²) in [6.07, 6.45) is 2.03. The van der Waals surface area contributed by atoms with Gasteiger partial charge in [-0.2, -0.15) is 0 Å². The predicted molar refractivity (Wildman–Crippen MR) is 87.5 cm³/mol. The normalized spacial score (nSPS) is 12.4. The lowest BCUT2D eigenvalue weighted by Crippen LogP contribution is -2.19. The zero-order valence-electron chi connectivity index (χ0n) is 12.4. The van der Waals surface area contributed by atoms with Crippen LogP contribution in [0.1, 0.15) is 35.2 Å². The number of aryl methyl sites for hydroxylation is 2. The van der Waals surface area contributed by atoms with Crippen molar-refractivity contribution in [2.75, 3.05) is 7.05 Å². The molecule has 1 N–H and O–H groups in total. The summed E-state index contributed by atoms with van der Waals surface area (Å²) in [5.41, 5.74) is 5.07. The molecule has 0 heterocycles. The van der Waals surface area contributed by atoms with E-state index in [9.17, 15) is 0 Å². The molecular formula is C18H22ClN. The first-order valence-corrected chi connectivity index (χ1v) is 7.53. The van der Waals surface area contributed by atoms with Crippen LogP contribution in [0.25, 0.3) is 0 Å². The average Bonchev–Trinajstić information content (AvgIpc) is 2.46. The minimum atomic E-state index is 0.246. The van der Waals surface area contributed by atoms with Gasteiger partial charge in [0, 0.05) is 11.1 Å². The van der Waals surface area contributed by atoms with Crippen LogP contribution in [-0.4, -0.2) is 7.05 Å². The summed E-state index contributed by atoms with van der Waals surface area (Å²) >= 11 is 6.38. The number of halogens is 1. The summed E-state index contributed by atoms with van der Waals surface area (Å²) in [5, 5.41) is 4.21. The van der Waals surface area contributed by atoms with Crippen molar-refractivity contribution in [3.63, 3.8) is 0 Å². The Kier molecular flexibility index (Phi) is 5.22. The van der Waals surface area contributed by atoms with Crippen molar-refractivity contribution < 1.29 is 0 Å². The smallest absolute Gasteiger partial charge is 0.0456 e. The standard InChI is InChI=1S/C18H22ClN/c1-4-14-6-8-15(9-7-14)12-18(20-3)16-10-5-13(2)11-17(16)19/h5-11,18,20H,4,12H2,1-3H3. The van der Waals surface area contributed by atoms with E-state index in [-0.39, 0.29) is 6.04 Å². The monoisotopic (exact) mass is 287 g/mol. The molecule has 2 aromatic rings. The van der Waals surface area contributed by atoms with Crippen LogP contribution in [-0.2, 0) is 12.8 Å². The summed E-state index contributed by atoms with van der Waals surface area (Å²) in [5.74, 6) is 0. The third kappa shape index (κ3) is 3.62. The van der Waals surface area contributed by atoms with Gasteiger partial charge in [-0.25, -0.2) is 0 Å². The Morgan fingerprint density at radius 3 is 2.25 bits per heavy atom. The Morgan fingerprint density at radius 2 is 1.70 bits per heavy atom. The maximum absolute atomic E-state index is 6.38. The van der Waals surface area contributed by atoms with Gasteiger partial charge in [0.1, 0.15) is 0 Å². The Balaban J connectivity index is 2.19. The first-order chi connectivity index (χ1) is 9.63. The van der Waals surface area contributed by atoms with Crippen molar-refractivity contribution in [2.24, 2.45) is 0 Å². The highest BCUT2D eigenvalue weighted by Crippen LogP contribution is 2.26. The molecule has 0 spiro atoms.